The number of hydrogen-bond acceptors (Lipinski definition) is 8. The van der Waals surface area contributed by atoms with Crippen LogP contribution in [0.5, 0.6) is 0 Å². The van der Waals surface area contributed by atoms with Gasteiger partial charge in [0.15, 0.2) is 5.41 Å². The lowest BCUT2D eigenvalue weighted by Gasteiger charge is -2.40. The molecule has 0 bridgehead atoms. The van der Waals surface area contributed by atoms with E-state index in [2.05, 4.69) is 9.47 Å². The maximum atomic E-state index is 14.8. The highest BCUT2D eigenvalue weighted by atomic mass is 32.3. The van der Waals surface area contributed by atoms with Gasteiger partial charge in [0.05, 0.1) is 6.54 Å². The van der Waals surface area contributed by atoms with Crippen LogP contribution in [-0.4, -0.2) is 96.8 Å². The fourth-order valence-electron chi connectivity index (χ4n) is 2.85. The van der Waals surface area contributed by atoms with Gasteiger partial charge in [0.25, 0.3) is 20.0 Å². The molecule has 0 spiro atoms. The Morgan fingerprint density at radius 1 is 0.460 bits per heavy atom. The maximum absolute atomic E-state index is 14.8. The molecule has 0 radical (unpaired) electrons. The Kier molecular flexibility index (Phi) is 12.0. The SMILES string of the molecule is CC(C)(C)OC(=O)C(C)(CN(S(=O)(=O)C(F)(F)C(F)(F)C(F)(F)C(F)(F)F)S(=O)(=O)C(F)(F)C(F)(F)C(F)(F)C(F)(F)F)C(=O)OC(C)(C)C. The van der Waals surface area contributed by atoms with Crippen molar-refractivity contribution in [1.82, 2.24) is 3.71 Å². The van der Waals surface area contributed by atoms with Crippen LogP contribution in [0.2, 0.25) is 0 Å². The molecule has 0 unspecified atom stereocenters. The fraction of sp³-hybridized carbons (Fsp3) is 0.905. The van der Waals surface area contributed by atoms with Crippen LogP contribution in [0.3, 0.4) is 0 Å². The second-order valence-electron chi connectivity index (χ2n) is 12.1. The highest BCUT2D eigenvalue weighted by Gasteiger charge is 2.89. The van der Waals surface area contributed by atoms with Crippen molar-refractivity contribution in [2.75, 3.05) is 6.54 Å². The standard InChI is InChI=1S/C21H23F18NO8S2/c1-11(2,3)47-9(41)13(7,10(42)48-12(4,5)6)8-40(49(43,44)20(36,37)16(26,27)14(22,23)18(30,31)32)50(45,46)21(38,39)17(28,29)15(24,25)19(33,34)35/h8H2,1-7H3. The number of sulfonamides is 2. The third-order valence-electron chi connectivity index (χ3n) is 5.56. The van der Waals surface area contributed by atoms with Crippen molar-refractivity contribution in [2.45, 2.75) is 106 Å². The zero-order valence-electron chi connectivity index (χ0n) is 25.5. The Morgan fingerprint density at radius 3 is 0.860 bits per heavy atom. The molecule has 0 aromatic rings. The molecule has 0 atom stereocenters. The first-order valence-corrected chi connectivity index (χ1v) is 15.1. The Bertz CT molecular complexity index is 1410. The van der Waals surface area contributed by atoms with Crippen molar-refractivity contribution in [3.8, 4) is 0 Å². The van der Waals surface area contributed by atoms with E-state index in [-0.39, 0.29) is 6.92 Å². The largest absolute Gasteiger partial charge is 0.460 e. The van der Waals surface area contributed by atoms with Crippen LogP contribution in [-0.2, 0) is 39.1 Å². The molecule has 0 aliphatic carbocycles. The van der Waals surface area contributed by atoms with E-state index in [4.69, 9.17) is 0 Å². The lowest BCUT2D eigenvalue weighted by Crippen LogP contribution is -2.70. The van der Waals surface area contributed by atoms with Crippen molar-refractivity contribution in [3.05, 3.63) is 0 Å². The molecular weight excluding hydrogens is 800 g/mol. The van der Waals surface area contributed by atoms with Gasteiger partial charge in [-0.25, -0.2) is 16.8 Å². The Labute approximate surface area is 269 Å². The van der Waals surface area contributed by atoms with Crippen LogP contribution in [0.1, 0.15) is 48.5 Å². The van der Waals surface area contributed by atoms with E-state index in [1.54, 1.807) is 0 Å². The Morgan fingerprint density at radius 2 is 0.680 bits per heavy atom. The summed E-state index contributed by atoms with van der Waals surface area (Å²) in [7, 11) is -18.7. The summed E-state index contributed by atoms with van der Waals surface area (Å²) >= 11 is 0. The predicted molar refractivity (Wildman–Crippen MR) is 126 cm³/mol. The number of ether oxygens (including phenoxy) is 2. The van der Waals surface area contributed by atoms with Gasteiger partial charge in [-0.15, -0.1) is 0 Å². The molecule has 0 aromatic heterocycles. The number of esters is 2. The van der Waals surface area contributed by atoms with Gasteiger partial charge in [-0.2, -0.15) is 79.0 Å². The number of rotatable bonds is 12. The predicted octanol–water partition coefficient (Wildman–Crippen LogP) is 6.49. The average molecular weight is 824 g/mol. The second-order valence-corrected chi connectivity index (χ2v) is 16.1. The summed E-state index contributed by atoms with van der Waals surface area (Å²) < 4.78 is 302. The number of hydrogen-bond donors (Lipinski definition) is 0. The molecule has 0 amide bonds. The molecule has 0 saturated heterocycles. The van der Waals surface area contributed by atoms with Crippen LogP contribution < -0.4 is 0 Å². The van der Waals surface area contributed by atoms with Crippen molar-refractivity contribution >= 4 is 32.0 Å². The Balaban J connectivity index is 8.57. The summed E-state index contributed by atoms with van der Waals surface area (Å²) in [4.78, 5) is 25.8. The Hall–Kier alpha value is -2.46. The molecule has 0 heterocycles. The molecule has 50 heavy (non-hydrogen) atoms. The number of nitrogens with zero attached hydrogens (tertiary/aromatic N) is 1. The van der Waals surface area contributed by atoms with E-state index in [0.29, 0.717) is 0 Å². The molecule has 0 saturated carbocycles. The van der Waals surface area contributed by atoms with Gasteiger partial charge in [0.1, 0.15) is 11.2 Å². The van der Waals surface area contributed by atoms with Gasteiger partial charge < -0.3 is 9.47 Å². The normalized spacial score (nSPS) is 16.0. The quantitative estimate of drug-likeness (QED) is 0.124. The van der Waals surface area contributed by atoms with Crippen molar-refractivity contribution in [3.63, 3.8) is 0 Å². The van der Waals surface area contributed by atoms with Gasteiger partial charge in [-0.1, -0.05) is 3.71 Å². The van der Waals surface area contributed by atoms with Crippen LogP contribution in [0.4, 0.5) is 79.0 Å². The zero-order valence-corrected chi connectivity index (χ0v) is 27.2. The molecule has 0 fully saturated rings. The molecule has 29 heteroatoms. The lowest BCUT2D eigenvalue weighted by molar-refractivity contribution is -0.383. The molecule has 0 aromatic carbocycles. The first kappa shape index (κ1) is 47.5. The summed E-state index contributed by atoms with van der Waals surface area (Å²) in [6.45, 7) is 0.755. The number of carbonyl (C=O) groups is 2. The van der Waals surface area contributed by atoms with Crippen LogP contribution in [0, 0.1) is 5.41 Å². The third-order valence-corrected chi connectivity index (χ3v) is 9.88. The van der Waals surface area contributed by atoms with Crippen molar-refractivity contribution in [1.29, 1.82) is 0 Å². The van der Waals surface area contributed by atoms with E-state index < -0.39 is 105 Å². The first-order chi connectivity index (χ1) is 21.1. The molecule has 0 rings (SSSR count). The summed E-state index contributed by atoms with van der Waals surface area (Å²) in [5.74, 6) is -39.2. The number of alkyl halides is 18. The van der Waals surface area contributed by atoms with E-state index in [1.807, 2.05) is 0 Å². The minimum atomic E-state index is -9.34. The molecule has 0 aliphatic heterocycles. The second kappa shape index (κ2) is 12.6. The summed E-state index contributed by atoms with van der Waals surface area (Å²) in [6, 6.07) is 0. The molecular formula is C21H23F18NO8S2. The highest BCUT2D eigenvalue weighted by molar-refractivity contribution is 8.05. The van der Waals surface area contributed by atoms with Gasteiger partial charge in [0, 0.05) is 0 Å². The van der Waals surface area contributed by atoms with E-state index in [9.17, 15) is 105 Å². The van der Waals surface area contributed by atoms with Gasteiger partial charge in [0.2, 0.25) is 0 Å². The summed E-state index contributed by atoms with van der Waals surface area (Å²) in [5, 5.41) is -17.1. The van der Waals surface area contributed by atoms with Gasteiger partial charge >= 0.3 is 58.5 Å². The summed E-state index contributed by atoms with van der Waals surface area (Å²) in [5.41, 5.74) is -8.49. The van der Waals surface area contributed by atoms with Crippen molar-refractivity contribution in [2.24, 2.45) is 5.41 Å². The minimum Gasteiger partial charge on any atom is -0.459 e. The van der Waals surface area contributed by atoms with Crippen LogP contribution in [0.25, 0.3) is 0 Å². The van der Waals surface area contributed by atoms with Gasteiger partial charge in [-0.3, -0.25) is 9.59 Å². The summed E-state index contributed by atoms with van der Waals surface area (Å²) in [6.07, 6.45) is -15.9. The molecule has 9 nitrogen and oxygen atoms in total. The minimum absolute atomic E-state index is 0.311. The molecule has 0 N–H and O–H groups in total. The zero-order chi connectivity index (χ0) is 41.4. The van der Waals surface area contributed by atoms with E-state index in [1.165, 1.54) is 0 Å². The smallest absolute Gasteiger partial charge is 0.459 e. The topological polar surface area (TPSA) is 124 Å². The molecule has 0 aliphatic rings. The fourth-order valence-corrected chi connectivity index (χ4v) is 6.72. The van der Waals surface area contributed by atoms with Crippen LogP contribution >= 0.6 is 0 Å². The van der Waals surface area contributed by atoms with Crippen molar-refractivity contribution < 1.29 is 115 Å². The number of halogens is 18. The van der Waals surface area contributed by atoms with E-state index in [0.717, 1.165) is 41.5 Å². The monoisotopic (exact) mass is 823 g/mol. The van der Waals surface area contributed by atoms with Gasteiger partial charge in [-0.05, 0) is 48.5 Å². The maximum Gasteiger partial charge on any atom is 0.460 e. The highest BCUT2D eigenvalue weighted by Crippen LogP contribution is 2.59. The average Bonchev–Trinajstić information content (AvgIpc) is 2.82. The molecule has 298 valence electrons. The van der Waals surface area contributed by atoms with E-state index >= 15 is 0 Å². The third kappa shape index (κ3) is 7.67. The van der Waals surface area contributed by atoms with Crippen LogP contribution in [0.15, 0.2) is 0 Å². The lowest BCUT2D eigenvalue weighted by atomic mass is 9.90. The first-order valence-electron chi connectivity index (χ1n) is 12.2. The number of carbonyl (C=O) groups excluding carboxylic acids is 2.